The summed E-state index contributed by atoms with van der Waals surface area (Å²) in [6.07, 6.45) is 2.25. The molecule has 134 valence electrons. The zero-order valence-electron chi connectivity index (χ0n) is 13.7. The maximum atomic E-state index is 12.2. The normalized spacial score (nSPS) is 11.2. The molecule has 0 unspecified atom stereocenters. The van der Waals surface area contributed by atoms with Crippen molar-refractivity contribution in [3.05, 3.63) is 47.4 Å². The van der Waals surface area contributed by atoms with Gasteiger partial charge in [0.1, 0.15) is 12.0 Å². The van der Waals surface area contributed by atoms with E-state index in [0.717, 1.165) is 6.26 Å². The Hall–Kier alpha value is -2.65. The maximum Gasteiger partial charge on any atom is 0.338 e. The van der Waals surface area contributed by atoms with Crippen LogP contribution < -0.4 is 11.1 Å². The third-order valence-corrected chi connectivity index (χ3v) is 4.31. The molecule has 0 saturated heterocycles. The fourth-order valence-electron chi connectivity index (χ4n) is 2.03. The average Bonchev–Trinajstić information content (AvgIpc) is 3.03. The van der Waals surface area contributed by atoms with Gasteiger partial charge in [0.15, 0.2) is 9.84 Å². The largest absolute Gasteiger partial charge is 0.467 e. The Bertz CT molecular complexity index is 901. The lowest BCUT2D eigenvalue weighted by Crippen LogP contribution is -2.13. The van der Waals surface area contributed by atoms with Crippen molar-refractivity contribution in [3.8, 4) is 0 Å². The molecule has 0 aliphatic heterocycles. The van der Waals surface area contributed by atoms with Crippen molar-refractivity contribution in [1.29, 1.82) is 0 Å². The minimum Gasteiger partial charge on any atom is -0.467 e. The second-order valence-electron chi connectivity index (χ2n) is 5.20. The number of hydrogen-bond donors (Lipinski definition) is 2. The van der Waals surface area contributed by atoms with Crippen molar-refractivity contribution in [3.63, 3.8) is 0 Å². The number of benzene rings is 1. The lowest BCUT2D eigenvalue weighted by Gasteiger charge is -2.09. The number of esters is 1. The molecule has 0 aliphatic rings. The van der Waals surface area contributed by atoms with Crippen molar-refractivity contribution < 1.29 is 27.2 Å². The molecule has 0 spiro atoms. The molecule has 1 aromatic carbocycles. The Balaban J connectivity index is 2.37. The molecule has 25 heavy (non-hydrogen) atoms. The standard InChI is InChI=1S/C16H18N2O6S/c1-3-23-16(20)10-4-12(7-14(6-10)25(2,21)22)18-15(19)11-5-13(8-17)24-9-11/h4-7,9H,3,8,17H2,1-2H3,(H,18,19). The predicted octanol–water partition coefficient (Wildman–Crippen LogP) is 1.57. The first-order valence-electron chi connectivity index (χ1n) is 7.35. The molecule has 0 bridgehead atoms. The smallest absolute Gasteiger partial charge is 0.338 e. The van der Waals surface area contributed by atoms with Crippen LogP contribution in [-0.4, -0.2) is 33.2 Å². The number of rotatable bonds is 6. The number of nitrogens with one attached hydrogen (secondary N) is 1. The average molecular weight is 366 g/mol. The number of amides is 1. The van der Waals surface area contributed by atoms with Crippen LogP contribution in [0, 0.1) is 0 Å². The summed E-state index contributed by atoms with van der Waals surface area (Å²) in [6, 6.07) is 5.28. The maximum absolute atomic E-state index is 12.2. The number of ether oxygens (including phenoxy) is 1. The van der Waals surface area contributed by atoms with Crippen LogP contribution in [0.15, 0.2) is 39.8 Å². The number of sulfone groups is 1. The Morgan fingerprint density at radius 1 is 1.20 bits per heavy atom. The minimum atomic E-state index is -3.59. The molecule has 0 atom stereocenters. The van der Waals surface area contributed by atoms with E-state index in [9.17, 15) is 18.0 Å². The highest BCUT2D eigenvalue weighted by atomic mass is 32.2. The first-order valence-corrected chi connectivity index (χ1v) is 9.24. The number of anilines is 1. The lowest BCUT2D eigenvalue weighted by atomic mass is 10.2. The molecule has 1 aromatic heterocycles. The molecule has 2 rings (SSSR count). The van der Waals surface area contributed by atoms with E-state index in [0.29, 0.717) is 5.76 Å². The summed E-state index contributed by atoms with van der Waals surface area (Å²) in [6.45, 7) is 1.92. The molecule has 0 radical (unpaired) electrons. The SMILES string of the molecule is CCOC(=O)c1cc(NC(=O)c2coc(CN)c2)cc(S(C)(=O)=O)c1. The quantitative estimate of drug-likeness (QED) is 0.742. The fourth-order valence-corrected chi connectivity index (χ4v) is 2.71. The van der Waals surface area contributed by atoms with E-state index in [1.54, 1.807) is 6.92 Å². The van der Waals surface area contributed by atoms with Gasteiger partial charge in [-0.15, -0.1) is 0 Å². The highest BCUT2D eigenvalue weighted by molar-refractivity contribution is 7.90. The second-order valence-corrected chi connectivity index (χ2v) is 7.21. The van der Waals surface area contributed by atoms with Crippen LogP contribution in [0.25, 0.3) is 0 Å². The third kappa shape index (κ3) is 4.68. The van der Waals surface area contributed by atoms with E-state index >= 15 is 0 Å². The minimum absolute atomic E-state index is 0.0231. The molecule has 8 nitrogen and oxygen atoms in total. The van der Waals surface area contributed by atoms with Crippen LogP contribution in [0.5, 0.6) is 0 Å². The fraction of sp³-hybridized carbons (Fsp3) is 0.250. The van der Waals surface area contributed by atoms with E-state index in [2.05, 4.69) is 5.32 Å². The van der Waals surface area contributed by atoms with Gasteiger partial charge in [-0.3, -0.25) is 4.79 Å². The molecule has 9 heteroatoms. The summed E-state index contributed by atoms with van der Waals surface area (Å²) in [7, 11) is -3.59. The number of carbonyl (C=O) groups excluding carboxylic acids is 2. The zero-order chi connectivity index (χ0) is 18.6. The number of nitrogens with two attached hydrogens (primary N) is 1. The van der Waals surface area contributed by atoms with E-state index < -0.39 is 21.7 Å². The third-order valence-electron chi connectivity index (χ3n) is 3.22. The summed E-state index contributed by atoms with van der Waals surface area (Å²) in [5.41, 5.74) is 5.81. The van der Waals surface area contributed by atoms with Crippen LogP contribution in [0.4, 0.5) is 5.69 Å². The molecule has 2 aromatic rings. The van der Waals surface area contributed by atoms with Gasteiger partial charge in [0, 0.05) is 11.9 Å². The van der Waals surface area contributed by atoms with Gasteiger partial charge < -0.3 is 20.2 Å². The van der Waals surface area contributed by atoms with Crippen LogP contribution in [-0.2, 0) is 21.1 Å². The predicted molar refractivity (Wildman–Crippen MR) is 90.1 cm³/mol. The summed E-state index contributed by atoms with van der Waals surface area (Å²) in [5, 5.41) is 2.53. The van der Waals surface area contributed by atoms with Gasteiger partial charge in [-0.2, -0.15) is 0 Å². The highest BCUT2D eigenvalue weighted by Crippen LogP contribution is 2.21. The Kier molecular flexibility index (Phi) is 5.60. The number of carbonyl (C=O) groups is 2. The van der Waals surface area contributed by atoms with Crippen molar-refractivity contribution in [2.45, 2.75) is 18.4 Å². The molecule has 0 aliphatic carbocycles. The molecule has 0 fully saturated rings. The van der Waals surface area contributed by atoms with Crippen LogP contribution in [0.3, 0.4) is 0 Å². The van der Waals surface area contributed by atoms with Crippen LogP contribution in [0.1, 0.15) is 33.4 Å². The molecule has 1 amide bonds. The van der Waals surface area contributed by atoms with E-state index in [-0.39, 0.29) is 34.9 Å². The molecular formula is C16H18N2O6S. The van der Waals surface area contributed by atoms with Gasteiger partial charge in [0.05, 0.1) is 29.2 Å². The van der Waals surface area contributed by atoms with Gasteiger partial charge >= 0.3 is 5.97 Å². The van der Waals surface area contributed by atoms with Gasteiger partial charge in [-0.1, -0.05) is 0 Å². The molecule has 0 saturated carbocycles. The van der Waals surface area contributed by atoms with Gasteiger partial charge in [-0.25, -0.2) is 13.2 Å². The zero-order valence-corrected chi connectivity index (χ0v) is 14.6. The van der Waals surface area contributed by atoms with Crippen molar-refractivity contribution in [2.24, 2.45) is 5.73 Å². The van der Waals surface area contributed by atoms with Crippen molar-refractivity contribution in [2.75, 3.05) is 18.2 Å². The van der Waals surface area contributed by atoms with Gasteiger partial charge in [-0.05, 0) is 31.2 Å². The summed E-state index contributed by atoms with van der Waals surface area (Å²) in [4.78, 5) is 24.0. The van der Waals surface area contributed by atoms with Crippen LogP contribution in [0.2, 0.25) is 0 Å². The van der Waals surface area contributed by atoms with Gasteiger partial charge in [0.25, 0.3) is 5.91 Å². The Morgan fingerprint density at radius 2 is 1.92 bits per heavy atom. The van der Waals surface area contributed by atoms with E-state index in [1.807, 2.05) is 0 Å². The second kappa shape index (κ2) is 7.49. The number of hydrogen-bond acceptors (Lipinski definition) is 7. The topological polar surface area (TPSA) is 129 Å². The molecule has 3 N–H and O–H groups in total. The van der Waals surface area contributed by atoms with Crippen LogP contribution >= 0.6 is 0 Å². The van der Waals surface area contributed by atoms with Crippen molar-refractivity contribution in [1.82, 2.24) is 0 Å². The monoisotopic (exact) mass is 366 g/mol. The summed E-state index contributed by atoms with van der Waals surface area (Å²) >= 11 is 0. The van der Waals surface area contributed by atoms with E-state index in [4.69, 9.17) is 14.9 Å². The number of furan rings is 1. The van der Waals surface area contributed by atoms with E-state index in [1.165, 1.54) is 30.5 Å². The summed E-state index contributed by atoms with van der Waals surface area (Å²) in [5.74, 6) is -0.775. The highest BCUT2D eigenvalue weighted by Gasteiger charge is 2.17. The Labute approximate surface area is 144 Å². The molecular weight excluding hydrogens is 348 g/mol. The first-order chi connectivity index (χ1) is 11.7. The van der Waals surface area contributed by atoms with Gasteiger partial charge in [0.2, 0.25) is 0 Å². The first kappa shape index (κ1) is 18.7. The summed E-state index contributed by atoms with van der Waals surface area (Å²) < 4.78 is 33.6. The molecule has 1 heterocycles. The Morgan fingerprint density at radius 3 is 2.48 bits per heavy atom. The lowest BCUT2D eigenvalue weighted by molar-refractivity contribution is 0.0526. The van der Waals surface area contributed by atoms with Crippen molar-refractivity contribution >= 4 is 27.4 Å².